The van der Waals surface area contributed by atoms with Crippen LogP contribution in [0.25, 0.3) is 22.6 Å². The van der Waals surface area contributed by atoms with E-state index in [1.165, 1.54) is 6.20 Å². The Morgan fingerprint density at radius 1 is 1.03 bits per heavy atom. The molecule has 0 spiro atoms. The third-order valence-electron chi connectivity index (χ3n) is 7.98. The Bertz CT molecular complexity index is 1450. The summed E-state index contributed by atoms with van der Waals surface area (Å²) in [5, 5.41) is 19.4. The Morgan fingerprint density at radius 2 is 1.77 bits per heavy atom. The summed E-state index contributed by atoms with van der Waals surface area (Å²) in [6.45, 7) is 3.30. The highest BCUT2D eigenvalue weighted by molar-refractivity contribution is 6.02. The van der Waals surface area contributed by atoms with Crippen LogP contribution in [0.2, 0.25) is 0 Å². The van der Waals surface area contributed by atoms with Crippen molar-refractivity contribution in [2.24, 2.45) is 11.8 Å². The topological polar surface area (TPSA) is 115 Å². The first-order valence-electron chi connectivity index (χ1n) is 13.6. The fraction of sp³-hybridized carbons (Fsp3) is 0.414. The first-order valence-corrected chi connectivity index (χ1v) is 13.6. The van der Waals surface area contributed by atoms with Gasteiger partial charge in [0.2, 0.25) is 5.91 Å². The monoisotopic (exact) mass is 528 g/mol. The van der Waals surface area contributed by atoms with E-state index in [4.69, 9.17) is 9.84 Å². The molecule has 0 unspecified atom stereocenters. The molecule has 10 heteroatoms. The van der Waals surface area contributed by atoms with Crippen LogP contribution in [0.5, 0.6) is 0 Å². The molecule has 2 fully saturated rings. The molecule has 1 amide bonds. The minimum atomic E-state index is -1.10. The molecule has 0 radical (unpaired) electrons. The van der Waals surface area contributed by atoms with Crippen LogP contribution in [0.3, 0.4) is 0 Å². The lowest BCUT2D eigenvalue weighted by molar-refractivity contribution is -0.124. The molecule has 3 aromatic heterocycles. The summed E-state index contributed by atoms with van der Waals surface area (Å²) < 4.78 is 8.82. The predicted octanol–water partition coefficient (Wildman–Crippen LogP) is 4.62. The van der Waals surface area contributed by atoms with Crippen LogP contribution in [0, 0.1) is 11.8 Å². The molecule has 1 saturated carbocycles. The summed E-state index contributed by atoms with van der Waals surface area (Å²) in [4.78, 5) is 32.3. The second-order valence-corrected chi connectivity index (χ2v) is 10.6. The third-order valence-corrected chi connectivity index (χ3v) is 7.98. The highest BCUT2D eigenvalue weighted by Crippen LogP contribution is 2.34. The predicted molar refractivity (Wildman–Crippen MR) is 145 cm³/mol. The maximum Gasteiger partial charge on any atom is 0.341 e. The summed E-state index contributed by atoms with van der Waals surface area (Å²) in [5.74, 6) is -0.410. The summed E-state index contributed by atoms with van der Waals surface area (Å²) in [5.41, 5.74) is 3.16. The smallest absolute Gasteiger partial charge is 0.341 e. The molecule has 4 heterocycles. The van der Waals surface area contributed by atoms with Gasteiger partial charge < -0.3 is 9.84 Å². The van der Waals surface area contributed by atoms with Gasteiger partial charge in [-0.3, -0.25) is 9.69 Å². The van der Waals surface area contributed by atoms with Gasteiger partial charge in [-0.25, -0.2) is 19.0 Å². The summed E-state index contributed by atoms with van der Waals surface area (Å²) >= 11 is 0. The lowest BCUT2D eigenvalue weighted by Crippen LogP contribution is -2.47. The van der Waals surface area contributed by atoms with Crippen molar-refractivity contribution in [2.75, 3.05) is 18.1 Å². The average Bonchev–Trinajstić information content (AvgIpc) is 3.60. The molecule has 1 N–H and O–H groups in total. The van der Waals surface area contributed by atoms with E-state index in [2.05, 4.69) is 17.0 Å². The molecule has 2 aliphatic rings. The number of benzene rings is 1. The number of hydrogen-bond acceptors (Lipinski definition) is 6. The Hall–Kier alpha value is -4.05. The number of hydrogen-bond donors (Lipinski definition) is 1. The van der Waals surface area contributed by atoms with Crippen LogP contribution in [-0.2, 0) is 9.53 Å². The molecule has 1 saturated heterocycles. The van der Waals surface area contributed by atoms with E-state index < -0.39 is 5.97 Å². The van der Waals surface area contributed by atoms with E-state index in [0.717, 1.165) is 42.6 Å². The second-order valence-electron chi connectivity index (χ2n) is 10.6. The number of anilines is 1. The first-order chi connectivity index (χ1) is 19.0. The molecule has 202 valence electrons. The zero-order valence-corrected chi connectivity index (χ0v) is 21.9. The van der Waals surface area contributed by atoms with Gasteiger partial charge in [0.15, 0.2) is 11.5 Å². The van der Waals surface area contributed by atoms with Crippen LogP contribution >= 0.6 is 0 Å². The molecule has 0 atom stereocenters. The van der Waals surface area contributed by atoms with Gasteiger partial charge in [-0.2, -0.15) is 5.10 Å². The highest BCUT2D eigenvalue weighted by Gasteiger charge is 2.37. The maximum atomic E-state index is 13.9. The Kier molecular flexibility index (Phi) is 6.86. The summed E-state index contributed by atoms with van der Waals surface area (Å²) in [6, 6.07) is 11.2. The number of carboxylic acids is 1. The van der Waals surface area contributed by atoms with Gasteiger partial charge >= 0.3 is 5.97 Å². The molecular weight excluding hydrogens is 496 g/mol. The quantitative estimate of drug-likeness (QED) is 0.388. The molecule has 0 bridgehead atoms. The minimum absolute atomic E-state index is 0.0163. The fourth-order valence-corrected chi connectivity index (χ4v) is 5.69. The van der Waals surface area contributed by atoms with Crippen LogP contribution in [0.4, 0.5) is 5.82 Å². The lowest BCUT2D eigenvalue weighted by atomic mass is 9.82. The summed E-state index contributed by atoms with van der Waals surface area (Å²) in [7, 11) is 0. The van der Waals surface area contributed by atoms with Crippen LogP contribution in [0.1, 0.15) is 55.8 Å². The number of carbonyl (C=O) groups is 2. The number of ether oxygens (including phenoxy) is 1. The number of rotatable bonds is 6. The Labute approximate surface area is 226 Å². The minimum Gasteiger partial charge on any atom is -0.477 e. The number of nitrogens with zero attached hydrogens (tertiary/aromatic N) is 6. The molecule has 6 rings (SSSR count). The molecular formula is C29H32N6O4. The van der Waals surface area contributed by atoms with Crippen molar-refractivity contribution in [2.45, 2.75) is 51.5 Å². The van der Waals surface area contributed by atoms with Gasteiger partial charge in [-0.15, -0.1) is 5.10 Å². The van der Waals surface area contributed by atoms with Crippen LogP contribution < -0.4 is 4.90 Å². The standard InChI is InChI=1S/C29H32N6O4/c1-19-3-5-21(6-4-19)28(36)35(23-11-15-39-16-12-23)27-24(29(37)38)18-34(32-27)22-9-7-20(8-10-22)25-17-26-30-13-2-14-33(26)31-25/h2,7-10,13-14,17-19,21,23H,3-6,11-12,15-16H2,1H3,(H,37,38). The van der Waals surface area contributed by atoms with Gasteiger partial charge in [0.1, 0.15) is 5.56 Å². The van der Waals surface area contributed by atoms with Gasteiger partial charge in [0, 0.05) is 55.4 Å². The highest BCUT2D eigenvalue weighted by atomic mass is 16.5. The third kappa shape index (κ3) is 5.04. The van der Waals surface area contributed by atoms with E-state index in [-0.39, 0.29) is 29.2 Å². The number of amides is 1. The normalized spacial score (nSPS) is 20.2. The van der Waals surface area contributed by atoms with Crippen molar-refractivity contribution in [3.63, 3.8) is 0 Å². The van der Waals surface area contributed by atoms with Crippen LogP contribution in [-0.4, -0.2) is 60.6 Å². The molecule has 10 nitrogen and oxygen atoms in total. The van der Waals surface area contributed by atoms with Crippen molar-refractivity contribution in [1.29, 1.82) is 0 Å². The second kappa shape index (κ2) is 10.6. The van der Waals surface area contributed by atoms with E-state index in [0.29, 0.717) is 37.7 Å². The van der Waals surface area contributed by atoms with Crippen molar-refractivity contribution in [3.05, 3.63) is 60.6 Å². The Balaban J connectivity index is 1.34. The van der Waals surface area contributed by atoms with Gasteiger partial charge in [-0.05, 0) is 62.6 Å². The van der Waals surface area contributed by atoms with Gasteiger partial charge in [0.05, 0.1) is 11.4 Å². The molecule has 4 aromatic rings. The zero-order valence-electron chi connectivity index (χ0n) is 21.9. The molecule has 39 heavy (non-hydrogen) atoms. The number of aromatic carboxylic acids is 1. The SMILES string of the molecule is CC1CCC(C(=O)N(c2nn(-c3ccc(-c4cc5ncccn5n4)cc3)cc2C(=O)O)C2CCOCC2)CC1. The van der Waals surface area contributed by atoms with Crippen LogP contribution in [0.15, 0.2) is 55.0 Å². The van der Waals surface area contributed by atoms with E-state index in [9.17, 15) is 14.7 Å². The van der Waals surface area contributed by atoms with Crippen molar-refractivity contribution >= 4 is 23.3 Å². The fourth-order valence-electron chi connectivity index (χ4n) is 5.69. The molecule has 1 aliphatic heterocycles. The van der Waals surface area contributed by atoms with Gasteiger partial charge in [-0.1, -0.05) is 19.1 Å². The number of aromatic nitrogens is 5. The van der Waals surface area contributed by atoms with Crippen molar-refractivity contribution in [1.82, 2.24) is 24.4 Å². The van der Waals surface area contributed by atoms with Gasteiger partial charge in [0.25, 0.3) is 0 Å². The number of carbonyl (C=O) groups excluding carboxylic acids is 1. The van der Waals surface area contributed by atoms with E-state index >= 15 is 0 Å². The van der Waals surface area contributed by atoms with E-state index in [1.54, 1.807) is 20.3 Å². The lowest BCUT2D eigenvalue weighted by Gasteiger charge is -2.37. The largest absolute Gasteiger partial charge is 0.477 e. The number of fused-ring (bicyclic) bond motifs is 1. The molecule has 1 aromatic carbocycles. The molecule has 1 aliphatic carbocycles. The van der Waals surface area contributed by atoms with E-state index in [1.807, 2.05) is 42.6 Å². The van der Waals surface area contributed by atoms with Crippen molar-refractivity contribution in [3.8, 4) is 16.9 Å². The zero-order chi connectivity index (χ0) is 26.9. The Morgan fingerprint density at radius 3 is 2.46 bits per heavy atom. The first kappa shape index (κ1) is 25.2. The average molecular weight is 529 g/mol. The maximum absolute atomic E-state index is 13.9. The van der Waals surface area contributed by atoms with Crippen molar-refractivity contribution < 1.29 is 19.4 Å². The summed E-state index contributed by atoms with van der Waals surface area (Å²) in [6.07, 6.45) is 10.0. The number of carboxylic acid groups (broad SMARTS) is 1.